The maximum Gasteiger partial charge on any atom is 0.273 e. The summed E-state index contributed by atoms with van der Waals surface area (Å²) in [5.74, 6) is 0.828. The fraction of sp³-hybridized carbons (Fsp3) is 0.571. The first-order valence-corrected chi connectivity index (χ1v) is 6.98. The molecule has 3 atom stereocenters. The van der Waals surface area contributed by atoms with E-state index in [1.807, 2.05) is 6.07 Å². The Kier molecular flexibility index (Phi) is 3.25. The predicted molar refractivity (Wildman–Crippen MR) is 77.1 cm³/mol. The third kappa shape index (κ3) is 2.20. The summed E-state index contributed by atoms with van der Waals surface area (Å²) >= 11 is 0. The first-order valence-electron chi connectivity index (χ1n) is 6.98. The lowest BCUT2D eigenvalue weighted by atomic mass is 10.00. The minimum absolute atomic E-state index is 0.101. The van der Waals surface area contributed by atoms with Gasteiger partial charge < -0.3 is 15.3 Å². The quantitative estimate of drug-likeness (QED) is 0.651. The number of nitro groups is 1. The smallest absolute Gasteiger partial charge is 0.273 e. The van der Waals surface area contributed by atoms with Crippen molar-refractivity contribution in [3.63, 3.8) is 0 Å². The number of nitrogens with one attached hydrogen (secondary N) is 1. The normalized spacial score (nSPS) is 28.5. The number of benzene rings is 1. The van der Waals surface area contributed by atoms with Gasteiger partial charge in [0.25, 0.3) is 5.69 Å². The van der Waals surface area contributed by atoms with Crippen LogP contribution in [0.2, 0.25) is 0 Å². The molecule has 1 aliphatic heterocycles. The molecule has 0 aromatic heterocycles. The average Bonchev–Trinajstić information content (AvgIpc) is 3.01. The standard InChI is InChI=1S/C14H19N3O3/c1-15-10-4-11(6-12(5-10)17(19)20)16-7-9-2-3-14(18)13(9)8-16/h4-6,9,13-15,18H,2-3,7-8H2,1H3. The highest BCUT2D eigenvalue weighted by Crippen LogP contribution is 2.40. The van der Waals surface area contributed by atoms with E-state index in [2.05, 4.69) is 10.2 Å². The van der Waals surface area contributed by atoms with Crippen LogP contribution in [0.1, 0.15) is 12.8 Å². The number of anilines is 2. The van der Waals surface area contributed by atoms with Gasteiger partial charge in [-0.1, -0.05) is 0 Å². The van der Waals surface area contributed by atoms with E-state index in [1.165, 1.54) is 6.07 Å². The molecule has 2 fully saturated rings. The number of aliphatic hydroxyl groups excluding tert-OH is 1. The Morgan fingerprint density at radius 3 is 2.80 bits per heavy atom. The molecule has 0 bridgehead atoms. The minimum Gasteiger partial charge on any atom is -0.393 e. The number of nitro benzene ring substituents is 1. The minimum atomic E-state index is -0.365. The molecule has 1 heterocycles. The molecule has 0 spiro atoms. The molecule has 1 aromatic rings. The molecule has 1 saturated carbocycles. The van der Waals surface area contributed by atoms with Crippen molar-refractivity contribution in [3.8, 4) is 0 Å². The van der Waals surface area contributed by atoms with Crippen LogP contribution >= 0.6 is 0 Å². The SMILES string of the molecule is CNc1cc(N2CC3CCC(O)C3C2)cc([N+](=O)[O-])c1. The summed E-state index contributed by atoms with van der Waals surface area (Å²) in [6, 6.07) is 5.09. The van der Waals surface area contributed by atoms with Crippen molar-refractivity contribution in [2.75, 3.05) is 30.4 Å². The topological polar surface area (TPSA) is 78.6 Å². The van der Waals surface area contributed by atoms with Gasteiger partial charge in [0.15, 0.2) is 0 Å². The molecule has 0 radical (unpaired) electrons. The first-order chi connectivity index (χ1) is 9.58. The van der Waals surface area contributed by atoms with Gasteiger partial charge in [0.1, 0.15) is 0 Å². The lowest BCUT2D eigenvalue weighted by molar-refractivity contribution is -0.384. The average molecular weight is 277 g/mol. The van der Waals surface area contributed by atoms with Gasteiger partial charge >= 0.3 is 0 Å². The number of aliphatic hydroxyl groups is 1. The lowest BCUT2D eigenvalue weighted by Gasteiger charge is -2.21. The summed E-state index contributed by atoms with van der Waals surface area (Å²) < 4.78 is 0. The molecule has 3 unspecified atom stereocenters. The van der Waals surface area contributed by atoms with E-state index in [4.69, 9.17) is 0 Å². The third-order valence-corrected chi connectivity index (χ3v) is 4.59. The predicted octanol–water partition coefficient (Wildman–Crippen LogP) is 1.84. The first kappa shape index (κ1) is 13.2. The van der Waals surface area contributed by atoms with Crippen molar-refractivity contribution in [1.82, 2.24) is 0 Å². The molecule has 2 aliphatic rings. The van der Waals surface area contributed by atoms with Crippen molar-refractivity contribution >= 4 is 17.1 Å². The highest BCUT2D eigenvalue weighted by Gasteiger charge is 2.42. The molecule has 1 aliphatic carbocycles. The molecule has 2 N–H and O–H groups in total. The van der Waals surface area contributed by atoms with Crippen LogP contribution < -0.4 is 10.2 Å². The van der Waals surface area contributed by atoms with Gasteiger partial charge in [0.2, 0.25) is 0 Å². The van der Waals surface area contributed by atoms with Crippen molar-refractivity contribution < 1.29 is 10.0 Å². The van der Waals surface area contributed by atoms with Crippen molar-refractivity contribution in [2.24, 2.45) is 11.8 Å². The van der Waals surface area contributed by atoms with Crippen LogP contribution in [0.25, 0.3) is 0 Å². The third-order valence-electron chi connectivity index (χ3n) is 4.59. The van der Waals surface area contributed by atoms with Gasteiger partial charge in [-0.05, 0) is 24.8 Å². The largest absolute Gasteiger partial charge is 0.393 e. The van der Waals surface area contributed by atoms with E-state index in [0.717, 1.165) is 37.3 Å². The fourth-order valence-corrected chi connectivity index (χ4v) is 3.47. The molecule has 6 heteroatoms. The van der Waals surface area contributed by atoms with Crippen molar-refractivity contribution in [3.05, 3.63) is 28.3 Å². The van der Waals surface area contributed by atoms with E-state index in [0.29, 0.717) is 11.8 Å². The summed E-state index contributed by atoms with van der Waals surface area (Å²) in [7, 11) is 1.76. The Balaban J connectivity index is 1.87. The number of nitrogens with zero attached hydrogens (tertiary/aromatic N) is 2. The van der Waals surface area contributed by atoms with Gasteiger partial charge in [-0.2, -0.15) is 0 Å². The zero-order chi connectivity index (χ0) is 14.3. The molecular formula is C14H19N3O3. The number of hydrogen-bond acceptors (Lipinski definition) is 5. The van der Waals surface area contributed by atoms with Crippen LogP contribution in [0.4, 0.5) is 17.1 Å². The highest BCUT2D eigenvalue weighted by atomic mass is 16.6. The number of non-ortho nitro benzene ring substituents is 1. The maximum absolute atomic E-state index is 11.0. The second-order valence-electron chi connectivity index (χ2n) is 5.72. The van der Waals surface area contributed by atoms with Crippen molar-refractivity contribution in [2.45, 2.75) is 18.9 Å². The second kappa shape index (κ2) is 4.94. The number of fused-ring (bicyclic) bond motifs is 1. The molecule has 20 heavy (non-hydrogen) atoms. The van der Waals surface area contributed by atoms with Crippen LogP contribution in [0.3, 0.4) is 0 Å². The maximum atomic E-state index is 11.0. The number of rotatable bonds is 3. The Hall–Kier alpha value is -1.82. The van der Waals surface area contributed by atoms with Crippen LogP contribution in [-0.2, 0) is 0 Å². The summed E-state index contributed by atoms with van der Waals surface area (Å²) in [6.45, 7) is 1.67. The summed E-state index contributed by atoms with van der Waals surface area (Å²) in [5, 5.41) is 23.9. The number of hydrogen-bond donors (Lipinski definition) is 2. The summed E-state index contributed by atoms with van der Waals surface area (Å²) in [4.78, 5) is 12.8. The van der Waals surface area contributed by atoms with E-state index in [-0.39, 0.29) is 16.7 Å². The molecule has 1 aromatic carbocycles. The molecule has 0 amide bonds. The van der Waals surface area contributed by atoms with E-state index >= 15 is 0 Å². The molecule has 108 valence electrons. The van der Waals surface area contributed by atoms with Crippen LogP contribution in [0.5, 0.6) is 0 Å². The highest BCUT2D eigenvalue weighted by molar-refractivity contribution is 5.64. The Labute approximate surface area is 117 Å². The molecule has 3 rings (SSSR count). The second-order valence-corrected chi connectivity index (χ2v) is 5.72. The van der Waals surface area contributed by atoms with Gasteiger partial charge in [0, 0.05) is 49.6 Å². The van der Waals surface area contributed by atoms with Gasteiger partial charge in [-0.15, -0.1) is 0 Å². The molecule has 1 saturated heterocycles. The van der Waals surface area contributed by atoms with Crippen LogP contribution in [-0.4, -0.2) is 36.3 Å². The van der Waals surface area contributed by atoms with Gasteiger partial charge in [-0.25, -0.2) is 0 Å². The van der Waals surface area contributed by atoms with Gasteiger partial charge in [-0.3, -0.25) is 10.1 Å². The summed E-state index contributed by atoms with van der Waals surface area (Å²) in [5.41, 5.74) is 1.71. The Morgan fingerprint density at radius 2 is 2.15 bits per heavy atom. The zero-order valence-electron chi connectivity index (χ0n) is 11.5. The van der Waals surface area contributed by atoms with E-state index in [1.54, 1.807) is 13.1 Å². The van der Waals surface area contributed by atoms with Crippen LogP contribution in [0.15, 0.2) is 18.2 Å². The van der Waals surface area contributed by atoms with E-state index < -0.39 is 0 Å². The molecular weight excluding hydrogens is 258 g/mol. The lowest BCUT2D eigenvalue weighted by Crippen LogP contribution is -2.24. The fourth-order valence-electron chi connectivity index (χ4n) is 3.47. The Bertz CT molecular complexity index is 534. The Morgan fingerprint density at radius 1 is 1.35 bits per heavy atom. The van der Waals surface area contributed by atoms with Crippen molar-refractivity contribution in [1.29, 1.82) is 0 Å². The van der Waals surface area contributed by atoms with Crippen LogP contribution in [0, 0.1) is 22.0 Å². The summed E-state index contributed by atoms with van der Waals surface area (Å²) in [6.07, 6.45) is 1.73. The monoisotopic (exact) mass is 277 g/mol. The van der Waals surface area contributed by atoms with Gasteiger partial charge in [0.05, 0.1) is 11.0 Å². The van der Waals surface area contributed by atoms with E-state index in [9.17, 15) is 15.2 Å². The molecule has 6 nitrogen and oxygen atoms in total. The zero-order valence-corrected chi connectivity index (χ0v) is 11.5.